The number of aliphatic imine (C=N–C) groups is 1. The summed E-state index contributed by atoms with van der Waals surface area (Å²) in [7, 11) is 0. The van der Waals surface area contributed by atoms with Crippen LogP contribution in [-0.2, 0) is 17.8 Å². The summed E-state index contributed by atoms with van der Waals surface area (Å²) in [5.41, 5.74) is 2.75. The predicted molar refractivity (Wildman–Crippen MR) is 126 cm³/mol. The molecule has 0 saturated carbocycles. The molecule has 0 aliphatic heterocycles. The number of nitrogens with zero attached hydrogens (tertiary/aromatic N) is 4. The summed E-state index contributed by atoms with van der Waals surface area (Å²) in [6.07, 6.45) is 2.83. The van der Waals surface area contributed by atoms with Gasteiger partial charge in [0.25, 0.3) is 0 Å². The number of anilines is 1. The highest BCUT2D eigenvalue weighted by Crippen LogP contribution is 2.10. The Kier molecular flexibility index (Phi) is 8.84. The lowest BCUT2D eigenvalue weighted by Crippen LogP contribution is -2.41. The molecular formula is C20H26IN7O. The number of amides is 1. The highest BCUT2D eigenvalue weighted by molar-refractivity contribution is 14.0. The van der Waals surface area contributed by atoms with Crippen LogP contribution in [0.2, 0.25) is 0 Å². The van der Waals surface area contributed by atoms with Gasteiger partial charge in [-0.15, -0.1) is 34.2 Å². The number of nitrogens with one attached hydrogen (secondary N) is 3. The monoisotopic (exact) mass is 507 g/mol. The molecule has 2 heterocycles. The topological polar surface area (TPSA) is 95.7 Å². The van der Waals surface area contributed by atoms with E-state index in [0.29, 0.717) is 19.0 Å². The first-order chi connectivity index (χ1) is 13.7. The van der Waals surface area contributed by atoms with Crippen molar-refractivity contribution in [2.45, 2.75) is 26.8 Å². The maximum absolute atomic E-state index is 12.2. The molecule has 0 radical (unpaired) electrons. The van der Waals surface area contributed by atoms with Crippen LogP contribution in [0.1, 0.15) is 25.2 Å². The third-order valence-corrected chi connectivity index (χ3v) is 4.14. The van der Waals surface area contributed by atoms with Crippen LogP contribution in [0.5, 0.6) is 0 Å². The van der Waals surface area contributed by atoms with Gasteiger partial charge in [-0.05, 0) is 43.2 Å². The third-order valence-electron chi connectivity index (χ3n) is 4.14. The van der Waals surface area contributed by atoms with E-state index in [4.69, 9.17) is 0 Å². The van der Waals surface area contributed by atoms with E-state index in [1.165, 1.54) is 5.56 Å². The van der Waals surface area contributed by atoms with Crippen molar-refractivity contribution < 1.29 is 4.79 Å². The Bertz CT molecular complexity index is 970. The van der Waals surface area contributed by atoms with Gasteiger partial charge in [-0.3, -0.25) is 9.20 Å². The van der Waals surface area contributed by atoms with E-state index < -0.39 is 0 Å². The highest BCUT2D eigenvalue weighted by atomic mass is 127. The molecule has 9 heteroatoms. The van der Waals surface area contributed by atoms with Gasteiger partial charge in [0.15, 0.2) is 17.4 Å². The fourth-order valence-corrected chi connectivity index (χ4v) is 2.73. The van der Waals surface area contributed by atoms with Gasteiger partial charge in [-0.1, -0.05) is 25.1 Å². The van der Waals surface area contributed by atoms with Crippen LogP contribution in [0.3, 0.4) is 0 Å². The molecule has 3 N–H and O–H groups in total. The average Bonchev–Trinajstić information content (AvgIpc) is 3.13. The van der Waals surface area contributed by atoms with Gasteiger partial charge in [0.1, 0.15) is 6.54 Å². The van der Waals surface area contributed by atoms with Crippen molar-refractivity contribution in [3.63, 3.8) is 0 Å². The number of fused-ring (bicyclic) bond motifs is 1. The first-order valence-electron chi connectivity index (χ1n) is 9.39. The van der Waals surface area contributed by atoms with Crippen molar-refractivity contribution in [1.82, 2.24) is 25.2 Å². The Morgan fingerprint density at radius 1 is 1.10 bits per heavy atom. The molecule has 3 aromatic rings. The standard InChI is InChI=1S/C20H25N7O.HI/c1-3-15-8-7-9-16(12-15)24-19(28)14-23-20(21-4-2)22-13-18-26-25-17-10-5-6-11-27(17)18;/h5-12H,3-4,13-14H2,1-2H3,(H,24,28)(H2,21,22,23);1H. The minimum absolute atomic E-state index is 0. The zero-order chi connectivity index (χ0) is 19.8. The molecule has 0 unspecified atom stereocenters. The van der Waals surface area contributed by atoms with Crippen molar-refractivity contribution >= 4 is 47.2 Å². The zero-order valence-corrected chi connectivity index (χ0v) is 18.9. The first-order valence-corrected chi connectivity index (χ1v) is 9.39. The lowest BCUT2D eigenvalue weighted by molar-refractivity contribution is -0.115. The van der Waals surface area contributed by atoms with E-state index in [1.54, 1.807) is 0 Å². The molecule has 0 atom stereocenters. The van der Waals surface area contributed by atoms with Gasteiger partial charge in [0.2, 0.25) is 5.91 Å². The lowest BCUT2D eigenvalue weighted by atomic mass is 10.1. The normalized spacial score (nSPS) is 11.0. The number of pyridine rings is 1. The Hall–Kier alpha value is -2.69. The number of hydrogen-bond donors (Lipinski definition) is 3. The van der Waals surface area contributed by atoms with E-state index in [1.807, 2.05) is 60.0 Å². The quantitative estimate of drug-likeness (QED) is 0.260. The number of rotatable bonds is 7. The molecule has 2 aromatic heterocycles. The predicted octanol–water partition coefficient (Wildman–Crippen LogP) is 2.60. The number of aryl methyl sites for hydroxylation is 1. The summed E-state index contributed by atoms with van der Waals surface area (Å²) in [5.74, 6) is 1.15. The number of halogens is 1. The van der Waals surface area contributed by atoms with Gasteiger partial charge < -0.3 is 16.0 Å². The van der Waals surface area contributed by atoms with Gasteiger partial charge in [0, 0.05) is 18.4 Å². The van der Waals surface area contributed by atoms with Gasteiger partial charge in [-0.2, -0.15) is 0 Å². The van der Waals surface area contributed by atoms with Crippen molar-refractivity contribution in [1.29, 1.82) is 0 Å². The molecule has 1 amide bonds. The molecule has 154 valence electrons. The maximum Gasteiger partial charge on any atom is 0.243 e. The number of benzene rings is 1. The Morgan fingerprint density at radius 2 is 1.97 bits per heavy atom. The van der Waals surface area contributed by atoms with Crippen molar-refractivity contribution in [3.05, 3.63) is 60.0 Å². The smallest absolute Gasteiger partial charge is 0.243 e. The SMILES string of the molecule is CCNC(=NCc1nnc2ccccn12)NCC(=O)Nc1cccc(CC)c1.I. The largest absolute Gasteiger partial charge is 0.357 e. The number of carbonyl (C=O) groups is 1. The van der Waals surface area contributed by atoms with E-state index in [2.05, 4.69) is 38.1 Å². The number of hydrogen-bond acceptors (Lipinski definition) is 4. The molecule has 3 rings (SSSR count). The van der Waals surface area contributed by atoms with Crippen molar-refractivity contribution in [2.24, 2.45) is 4.99 Å². The summed E-state index contributed by atoms with van der Waals surface area (Å²) in [6, 6.07) is 13.6. The molecule has 0 aliphatic carbocycles. The highest BCUT2D eigenvalue weighted by Gasteiger charge is 2.07. The van der Waals surface area contributed by atoms with Crippen LogP contribution in [-0.4, -0.2) is 39.6 Å². The van der Waals surface area contributed by atoms with Crippen LogP contribution >= 0.6 is 24.0 Å². The zero-order valence-electron chi connectivity index (χ0n) is 16.6. The second-order valence-corrected chi connectivity index (χ2v) is 6.20. The molecule has 0 bridgehead atoms. The second kappa shape index (κ2) is 11.3. The molecule has 8 nitrogen and oxygen atoms in total. The van der Waals surface area contributed by atoms with Crippen molar-refractivity contribution in [3.8, 4) is 0 Å². The van der Waals surface area contributed by atoms with Crippen LogP contribution in [0, 0.1) is 0 Å². The summed E-state index contributed by atoms with van der Waals surface area (Å²) in [6.45, 7) is 5.20. The summed E-state index contributed by atoms with van der Waals surface area (Å²) in [4.78, 5) is 16.7. The fourth-order valence-electron chi connectivity index (χ4n) is 2.73. The fraction of sp³-hybridized carbons (Fsp3) is 0.300. The molecule has 0 aliphatic rings. The molecular weight excluding hydrogens is 481 g/mol. The molecule has 0 fully saturated rings. The molecule has 0 spiro atoms. The van der Waals surface area contributed by atoms with E-state index in [0.717, 1.165) is 23.6 Å². The van der Waals surface area contributed by atoms with Crippen LogP contribution in [0.25, 0.3) is 5.65 Å². The summed E-state index contributed by atoms with van der Waals surface area (Å²) < 4.78 is 1.89. The number of guanidine groups is 1. The first kappa shape index (κ1) is 22.6. The van der Waals surface area contributed by atoms with E-state index in [-0.39, 0.29) is 36.4 Å². The minimum Gasteiger partial charge on any atom is -0.357 e. The molecule has 1 aromatic carbocycles. The molecule has 0 saturated heterocycles. The Balaban J connectivity index is 0.00000300. The van der Waals surface area contributed by atoms with Crippen LogP contribution in [0.15, 0.2) is 53.7 Å². The summed E-state index contributed by atoms with van der Waals surface area (Å²) in [5, 5.41) is 17.4. The van der Waals surface area contributed by atoms with E-state index >= 15 is 0 Å². The Morgan fingerprint density at radius 3 is 2.76 bits per heavy atom. The van der Waals surface area contributed by atoms with Crippen molar-refractivity contribution in [2.75, 3.05) is 18.4 Å². The average molecular weight is 507 g/mol. The maximum atomic E-state index is 12.2. The van der Waals surface area contributed by atoms with Crippen LogP contribution in [0.4, 0.5) is 5.69 Å². The number of carbonyl (C=O) groups excluding carboxylic acids is 1. The second-order valence-electron chi connectivity index (χ2n) is 6.20. The van der Waals surface area contributed by atoms with Gasteiger partial charge in [-0.25, -0.2) is 4.99 Å². The minimum atomic E-state index is -0.133. The third kappa shape index (κ3) is 6.41. The van der Waals surface area contributed by atoms with Crippen LogP contribution < -0.4 is 16.0 Å². The van der Waals surface area contributed by atoms with Gasteiger partial charge >= 0.3 is 0 Å². The lowest BCUT2D eigenvalue weighted by Gasteiger charge is -2.11. The van der Waals surface area contributed by atoms with E-state index in [9.17, 15) is 4.79 Å². The molecule has 29 heavy (non-hydrogen) atoms. The Labute approximate surface area is 187 Å². The van der Waals surface area contributed by atoms with Gasteiger partial charge in [0.05, 0.1) is 6.54 Å². The number of aromatic nitrogens is 3. The summed E-state index contributed by atoms with van der Waals surface area (Å²) >= 11 is 0.